The average Bonchev–Trinajstić information content (AvgIpc) is 3.10. The molecule has 1 saturated heterocycles. The Morgan fingerprint density at radius 1 is 1.33 bits per heavy atom. The van der Waals surface area contributed by atoms with Gasteiger partial charge >= 0.3 is 6.09 Å². The molecule has 0 aromatic heterocycles. The van der Waals surface area contributed by atoms with Crippen LogP contribution >= 0.6 is 11.8 Å². The highest BCUT2D eigenvalue weighted by Crippen LogP contribution is 2.29. The molecule has 12 nitrogen and oxygen atoms in total. The molecular formula is C17H20N4O8S. The van der Waals surface area contributed by atoms with Crippen LogP contribution in [0.2, 0.25) is 0 Å². The molecule has 2 N–H and O–H groups in total. The number of hydrogen-bond donors (Lipinski definition) is 2. The number of nitrogens with zero attached hydrogens (tertiary/aromatic N) is 3. The number of nitro groups is 1. The molecule has 0 radical (unpaired) electrons. The zero-order chi connectivity index (χ0) is 22.6. The van der Waals surface area contributed by atoms with Crippen molar-refractivity contribution in [2.24, 2.45) is 0 Å². The Balaban J connectivity index is 2.29. The van der Waals surface area contributed by atoms with Crippen LogP contribution < -0.4 is 5.32 Å². The molecule has 0 aliphatic carbocycles. The third-order valence-corrected chi connectivity index (χ3v) is 5.35. The fourth-order valence-electron chi connectivity index (χ4n) is 2.98. The third-order valence-electron chi connectivity index (χ3n) is 4.35. The van der Waals surface area contributed by atoms with Gasteiger partial charge in [-0.15, -0.1) is 0 Å². The summed E-state index contributed by atoms with van der Waals surface area (Å²) in [5, 5.41) is 23.3. The number of nitro benzene ring substituents is 1. The van der Waals surface area contributed by atoms with E-state index in [2.05, 4.69) is 5.32 Å². The lowest BCUT2D eigenvalue weighted by molar-refractivity contribution is -0.384. The molecule has 162 valence electrons. The molecule has 0 unspecified atom stereocenters. The first-order valence-corrected chi connectivity index (χ1v) is 9.50. The molecule has 1 fully saturated rings. The van der Waals surface area contributed by atoms with Crippen LogP contribution in [0.1, 0.15) is 23.7 Å². The molecule has 2 atom stereocenters. The Morgan fingerprint density at radius 2 is 2.00 bits per heavy atom. The fraction of sp³-hybridized carbons (Fsp3) is 0.412. The first-order valence-electron chi connectivity index (χ1n) is 8.62. The Hall–Kier alpha value is -3.19. The van der Waals surface area contributed by atoms with E-state index in [9.17, 15) is 34.4 Å². The van der Waals surface area contributed by atoms with Gasteiger partial charge in [-0.3, -0.25) is 34.2 Å². The fourth-order valence-corrected chi connectivity index (χ4v) is 3.96. The number of nitrogens with one attached hydrogen (secondary N) is 1. The van der Waals surface area contributed by atoms with Crippen molar-refractivity contribution in [1.29, 1.82) is 0 Å². The number of hydroxylamine groups is 2. The van der Waals surface area contributed by atoms with Crippen molar-refractivity contribution < 1.29 is 34.0 Å². The minimum atomic E-state index is -1.32. The molecule has 1 aromatic carbocycles. The van der Waals surface area contributed by atoms with Crippen molar-refractivity contribution in [3.8, 4) is 0 Å². The summed E-state index contributed by atoms with van der Waals surface area (Å²) in [5.41, 5.74) is -0.586. The molecule has 1 aromatic rings. The Bertz CT molecular complexity index is 893. The number of carbonyl (C=O) groups excluding carboxylic acids is 3. The highest BCUT2D eigenvalue weighted by atomic mass is 32.2. The van der Waals surface area contributed by atoms with E-state index in [-0.39, 0.29) is 34.6 Å². The lowest BCUT2D eigenvalue weighted by Crippen LogP contribution is -2.42. The summed E-state index contributed by atoms with van der Waals surface area (Å²) in [6.45, 7) is 1.34. The first kappa shape index (κ1) is 23.1. The van der Waals surface area contributed by atoms with Crippen LogP contribution in [0, 0.1) is 10.1 Å². The van der Waals surface area contributed by atoms with Crippen LogP contribution in [0.3, 0.4) is 0 Å². The second-order valence-corrected chi connectivity index (χ2v) is 7.90. The minimum absolute atomic E-state index is 0.00499. The summed E-state index contributed by atoms with van der Waals surface area (Å²) in [5.74, 6) is -1.40. The molecular weight excluding hydrogens is 420 g/mol. The number of carboxylic acid groups (broad SMARTS) is 1. The van der Waals surface area contributed by atoms with E-state index in [1.165, 1.54) is 27.1 Å². The van der Waals surface area contributed by atoms with Crippen molar-refractivity contribution in [3.63, 3.8) is 0 Å². The summed E-state index contributed by atoms with van der Waals surface area (Å²) < 4.78 is 0. The number of likely N-dealkylation sites (tertiary alicyclic amines) is 1. The number of anilines is 1. The smallest absolute Gasteiger partial charge is 0.408 e. The van der Waals surface area contributed by atoms with Gasteiger partial charge in [0.25, 0.3) is 11.6 Å². The SMILES string of the molecule is CON(C)C(=O)c1cc(NC(=O)[C@@H]2C[C@H](SC(C)=O)CN2C(=O)O)cc([N+](=O)[O-])c1. The summed E-state index contributed by atoms with van der Waals surface area (Å²) >= 11 is 0.952. The molecule has 1 aliphatic heterocycles. The predicted octanol–water partition coefficient (Wildman–Crippen LogP) is 1.57. The largest absolute Gasteiger partial charge is 0.465 e. The summed E-state index contributed by atoms with van der Waals surface area (Å²) in [4.78, 5) is 64.0. The maximum absolute atomic E-state index is 12.7. The third kappa shape index (κ3) is 5.45. The maximum Gasteiger partial charge on any atom is 0.408 e. The van der Waals surface area contributed by atoms with Gasteiger partial charge in [-0.2, -0.15) is 0 Å². The zero-order valence-electron chi connectivity index (χ0n) is 16.4. The monoisotopic (exact) mass is 440 g/mol. The highest BCUT2D eigenvalue weighted by molar-refractivity contribution is 8.14. The van der Waals surface area contributed by atoms with E-state index >= 15 is 0 Å². The van der Waals surface area contributed by atoms with Gasteiger partial charge in [0, 0.05) is 43.6 Å². The van der Waals surface area contributed by atoms with Crippen molar-refractivity contribution in [3.05, 3.63) is 33.9 Å². The van der Waals surface area contributed by atoms with Crippen molar-refractivity contribution in [1.82, 2.24) is 9.96 Å². The summed E-state index contributed by atoms with van der Waals surface area (Å²) in [6.07, 6.45) is -1.21. The van der Waals surface area contributed by atoms with E-state index in [1.807, 2.05) is 0 Å². The Labute approximate surface area is 175 Å². The van der Waals surface area contributed by atoms with Gasteiger partial charge < -0.3 is 10.4 Å². The molecule has 13 heteroatoms. The summed E-state index contributed by atoms with van der Waals surface area (Å²) in [7, 11) is 2.56. The molecule has 1 aliphatic rings. The van der Waals surface area contributed by atoms with Crippen LogP contribution in [0.5, 0.6) is 0 Å². The van der Waals surface area contributed by atoms with Crippen LogP contribution in [-0.2, 0) is 14.4 Å². The number of carbonyl (C=O) groups is 4. The van der Waals surface area contributed by atoms with Crippen molar-refractivity contribution in [2.75, 3.05) is 26.0 Å². The molecule has 0 saturated carbocycles. The van der Waals surface area contributed by atoms with E-state index in [0.29, 0.717) is 0 Å². The average molecular weight is 440 g/mol. The molecule has 0 bridgehead atoms. The first-order chi connectivity index (χ1) is 14.0. The molecule has 2 rings (SSSR count). The quantitative estimate of drug-likeness (QED) is 0.494. The maximum atomic E-state index is 12.7. The van der Waals surface area contributed by atoms with Gasteiger partial charge in [0.2, 0.25) is 5.91 Å². The number of hydrogen-bond acceptors (Lipinski definition) is 8. The Morgan fingerprint density at radius 3 is 2.53 bits per heavy atom. The lowest BCUT2D eigenvalue weighted by Gasteiger charge is -2.20. The second kappa shape index (κ2) is 9.54. The van der Waals surface area contributed by atoms with E-state index in [4.69, 9.17) is 4.84 Å². The van der Waals surface area contributed by atoms with Gasteiger partial charge in [0.1, 0.15) is 6.04 Å². The van der Waals surface area contributed by atoms with E-state index in [1.54, 1.807) is 0 Å². The Kier molecular flexibility index (Phi) is 7.34. The van der Waals surface area contributed by atoms with Gasteiger partial charge in [-0.25, -0.2) is 9.86 Å². The minimum Gasteiger partial charge on any atom is -0.465 e. The normalized spacial score (nSPS) is 18.0. The zero-order valence-corrected chi connectivity index (χ0v) is 17.2. The molecule has 1 heterocycles. The van der Waals surface area contributed by atoms with Gasteiger partial charge in [-0.05, 0) is 12.5 Å². The van der Waals surface area contributed by atoms with Gasteiger partial charge in [0.15, 0.2) is 5.12 Å². The molecule has 0 spiro atoms. The van der Waals surface area contributed by atoms with Crippen molar-refractivity contribution >= 4 is 46.2 Å². The highest BCUT2D eigenvalue weighted by Gasteiger charge is 2.40. The predicted molar refractivity (Wildman–Crippen MR) is 106 cm³/mol. The second-order valence-electron chi connectivity index (χ2n) is 6.42. The van der Waals surface area contributed by atoms with Crippen LogP contribution in [0.15, 0.2) is 18.2 Å². The number of rotatable bonds is 6. The standard InChI is InChI=1S/C17H20N4O8S/c1-9(22)30-13-7-14(20(8-13)17(25)26)15(23)18-11-4-10(16(24)19(2)29-3)5-12(6-11)21(27)28/h4-6,13-14H,7-8H2,1-3H3,(H,18,23)(H,25,26)/t13-,14-/m0/s1. The topological polar surface area (TPSA) is 159 Å². The van der Waals surface area contributed by atoms with E-state index < -0.39 is 34.6 Å². The number of benzene rings is 1. The number of amides is 3. The van der Waals surface area contributed by atoms with Crippen LogP contribution in [0.4, 0.5) is 16.2 Å². The summed E-state index contributed by atoms with van der Waals surface area (Å²) in [6, 6.07) is 2.24. The lowest BCUT2D eigenvalue weighted by atomic mass is 10.1. The van der Waals surface area contributed by atoms with Crippen LogP contribution in [0.25, 0.3) is 0 Å². The number of thioether (sulfide) groups is 1. The van der Waals surface area contributed by atoms with E-state index in [0.717, 1.165) is 33.9 Å². The van der Waals surface area contributed by atoms with Gasteiger partial charge in [-0.1, -0.05) is 11.8 Å². The number of non-ortho nitro benzene ring substituents is 1. The van der Waals surface area contributed by atoms with Crippen LogP contribution in [-0.4, -0.2) is 75.0 Å². The molecule has 3 amide bonds. The van der Waals surface area contributed by atoms with Crippen molar-refractivity contribution in [2.45, 2.75) is 24.6 Å². The van der Waals surface area contributed by atoms with Gasteiger partial charge in [0.05, 0.1) is 17.6 Å². The molecule has 30 heavy (non-hydrogen) atoms.